The Morgan fingerprint density at radius 2 is 2.09 bits per heavy atom. The Bertz CT molecular complexity index is 583. The van der Waals surface area contributed by atoms with Gasteiger partial charge in [0.1, 0.15) is 5.75 Å². The van der Waals surface area contributed by atoms with Crippen LogP contribution < -0.4 is 4.74 Å². The van der Waals surface area contributed by atoms with Crippen molar-refractivity contribution in [2.24, 2.45) is 0 Å². The van der Waals surface area contributed by atoms with Crippen LogP contribution >= 0.6 is 11.3 Å². The Morgan fingerprint density at radius 1 is 1.27 bits per heavy atom. The molecular formula is C17H21NO3S. The van der Waals surface area contributed by atoms with Gasteiger partial charge in [-0.3, -0.25) is 4.79 Å². The van der Waals surface area contributed by atoms with Crippen LogP contribution in [0.15, 0.2) is 41.1 Å². The van der Waals surface area contributed by atoms with Crippen molar-refractivity contribution in [1.29, 1.82) is 0 Å². The summed E-state index contributed by atoms with van der Waals surface area (Å²) in [4.78, 5) is 14.2. The lowest BCUT2D eigenvalue weighted by Crippen LogP contribution is -2.36. The summed E-state index contributed by atoms with van der Waals surface area (Å²) in [6, 6.07) is 9.72. The van der Waals surface area contributed by atoms with E-state index in [1.165, 1.54) is 0 Å². The fourth-order valence-corrected chi connectivity index (χ4v) is 2.71. The third-order valence-electron chi connectivity index (χ3n) is 3.32. The number of rotatable bonds is 8. The average Bonchev–Trinajstić information content (AvgIpc) is 3.03. The highest BCUT2D eigenvalue weighted by Crippen LogP contribution is 2.16. The second-order valence-electron chi connectivity index (χ2n) is 4.99. The maximum Gasteiger partial charge on any atom is 0.260 e. The third-order valence-corrected chi connectivity index (χ3v) is 4.05. The summed E-state index contributed by atoms with van der Waals surface area (Å²) in [6.07, 6.45) is 0. The number of hydrogen-bond acceptors (Lipinski definition) is 4. The van der Waals surface area contributed by atoms with Gasteiger partial charge in [0.2, 0.25) is 0 Å². The maximum absolute atomic E-state index is 12.4. The van der Waals surface area contributed by atoms with E-state index in [-0.39, 0.29) is 12.5 Å². The fourth-order valence-electron chi connectivity index (χ4n) is 2.05. The van der Waals surface area contributed by atoms with Crippen LogP contribution in [0, 0.1) is 6.92 Å². The van der Waals surface area contributed by atoms with Gasteiger partial charge >= 0.3 is 0 Å². The van der Waals surface area contributed by atoms with Crippen molar-refractivity contribution < 1.29 is 14.3 Å². The number of carbonyl (C=O) groups excluding carboxylic acids is 1. The van der Waals surface area contributed by atoms with Crippen LogP contribution in [0.25, 0.3) is 0 Å². The van der Waals surface area contributed by atoms with E-state index in [0.717, 1.165) is 16.9 Å². The second-order valence-corrected chi connectivity index (χ2v) is 5.77. The zero-order valence-corrected chi connectivity index (χ0v) is 13.8. The van der Waals surface area contributed by atoms with Gasteiger partial charge in [-0.1, -0.05) is 18.2 Å². The first kappa shape index (κ1) is 16.5. The maximum atomic E-state index is 12.4. The van der Waals surface area contributed by atoms with Crippen molar-refractivity contribution in [2.75, 3.05) is 26.9 Å². The highest BCUT2D eigenvalue weighted by molar-refractivity contribution is 7.07. The van der Waals surface area contributed by atoms with Crippen molar-refractivity contribution in [3.63, 3.8) is 0 Å². The van der Waals surface area contributed by atoms with E-state index >= 15 is 0 Å². The minimum absolute atomic E-state index is 0.0356. The molecule has 1 amide bonds. The van der Waals surface area contributed by atoms with Gasteiger partial charge in [0, 0.05) is 20.2 Å². The number of ether oxygens (including phenoxy) is 2. The molecule has 0 aliphatic rings. The van der Waals surface area contributed by atoms with E-state index in [1.54, 1.807) is 23.3 Å². The SMILES string of the molecule is COCCN(Cc1ccsc1)C(=O)COc1ccccc1C. The fraction of sp³-hybridized carbons (Fsp3) is 0.353. The number of amides is 1. The first-order valence-corrected chi connectivity index (χ1v) is 8.11. The van der Waals surface area contributed by atoms with Crippen LogP contribution in [0.1, 0.15) is 11.1 Å². The van der Waals surface area contributed by atoms with Crippen LogP contribution in [-0.4, -0.2) is 37.7 Å². The number of nitrogens with zero attached hydrogens (tertiary/aromatic N) is 1. The third kappa shape index (κ3) is 4.86. The lowest BCUT2D eigenvalue weighted by atomic mass is 10.2. The number of benzene rings is 1. The minimum Gasteiger partial charge on any atom is -0.484 e. The molecule has 0 fully saturated rings. The second kappa shape index (κ2) is 8.56. The molecule has 5 heteroatoms. The van der Waals surface area contributed by atoms with E-state index < -0.39 is 0 Å². The van der Waals surface area contributed by atoms with Crippen molar-refractivity contribution >= 4 is 17.2 Å². The summed E-state index contributed by atoms with van der Waals surface area (Å²) < 4.78 is 10.7. The van der Waals surface area contributed by atoms with Crippen LogP contribution in [-0.2, 0) is 16.1 Å². The summed E-state index contributed by atoms with van der Waals surface area (Å²) in [7, 11) is 1.64. The summed E-state index contributed by atoms with van der Waals surface area (Å²) in [6.45, 7) is 3.66. The van der Waals surface area contributed by atoms with Gasteiger partial charge in [-0.2, -0.15) is 11.3 Å². The zero-order valence-electron chi connectivity index (χ0n) is 13.0. The highest BCUT2D eigenvalue weighted by Gasteiger charge is 2.15. The number of hydrogen-bond donors (Lipinski definition) is 0. The van der Waals surface area contributed by atoms with E-state index in [9.17, 15) is 4.79 Å². The summed E-state index contributed by atoms with van der Waals surface area (Å²) in [5.41, 5.74) is 2.15. The van der Waals surface area contributed by atoms with Crippen LogP contribution in [0.3, 0.4) is 0 Å². The van der Waals surface area contributed by atoms with Gasteiger partial charge in [-0.15, -0.1) is 0 Å². The van der Waals surface area contributed by atoms with Crippen molar-refractivity contribution in [1.82, 2.24) is 4.90 Å². The molecule has 4 nitrogen and oxygen atoms in total. The molecule has 1 aromatic carbocycles. The Kier molecular flexibility index (Phi) is 6.43. The normalized spacial score (nSPS) is 10.5. The van der Waals surface area contributed by atoms with Gasteiger partial charge in [-0.05, 0) is 40.9 Å². The Morgan fingerprint density at radius 3 is 2.77 bits per heavy atom. The van der Waals surface area contributed by atoms with Crippen LogP contribution in [0.5, 0.6) is 5.75 Å². The number of methoxy groups -OCH3 is 1. The van der Waals surface area contributed by atoms with Crippen molar-refractivity contribution in [3.8, 4) is 5.75 Å². The van der Waals surface area contributed by atoms with Gasteiger partial charge in [0.05, 0.1) is 6.61 Å². The molecule has 0 bridgehead atoms. The number of thiophene rings is 1. The van der Waals surface area contributed by atoms with Crippen LogP contribution in [0.4, 0.5) is 0 Å². The molecule has 2 aromatic rings. The van der Waals surface area contributed by atoms with E-state index in [0.29, 0.717) is 19.7 Å². The largest absolute Gasteiger partial charge is 0.484 e. The average molecular weight is 319 g/mol. The van der Waals surface area contributed by atoms with Gasteiger partial charge in [-0.25, -0.2) is 0 Å². The molecule has 0 spiro atoms. The lowest BCUT2D eigenvalue weighted by molar-refractivity contribution is -0.134. The number of aryl methyl sites for hydroxylation is 1. The van der Waals surface area contributed by atoms with E-state index in [2.05, 4.69) is 5.38 Å². The molecule has 0 N–H and O–H groups in total. The highest BCUT2D eigenvalue weighted by atomic mass is 32.1. The molecule has 118 valence electrons. The Labute approximate surface area is 135 Å². The van der Waals surface area contributed by atoms with Crippen LogP contribution in [0.2, 0.25) is 0 Å². The van der Waals surface area contributed by atoms with E-state index in [1.807, 2.05) is 42.6 Å². The van der Waals surface area contributed by atoms with Crippen molar-refractivity contribution in [2.45, 2.75) is 13.5 Å². The molecule has 1 heterocycles. The summed E-state index contributed by atoms with van der Waals surface area (Å²) in [5, 5.41) is 4.06. The molecule has 2 rings (SSSR count). The monoisotopic (exact) mass is 319 g/mol. The van der Waals surface area contributed by atoms with Gasteiger partial charge in [0.15, 0.2) is 6.61 Å². The molecule has 0 unspecified atom stereocenters. The quantitative estimate of drug-likeness (QED) is 0.750. The lowest BCUT2D eigenvalue weighted by Gasteiger charge is -2.22. The smallest absolute Gasteiger partial charge is 0.260 e. The molecule has 1 aromatic heterocycles. The topological polar surface area (TPSA) is 38.8 Å². The molecule has 0 saturated carbocycles. The van der Waals surface area contributed by atoms with E-state index in [4.69, 9.17) is 9.47 Å². The Hall–Kier alpha value is -1.85. The molecule has 0 atom stereocenters. The summed E-state index contributed by atoms with van der Waals surface area (Å²) in [5.74, 6) is 0.713. The molecule has 0 aliphatic heterocycles. The molecular weight excluding hydrogens is 298 g/mol. The van der Waals surface area contributed by atoms with Gasteiger partial charge in [0.25, 0.3) is 5.91 Å². The predicted octanol–water partition coefficient (Wildman–Crippen LogP) is 3.11. The standard InChI is InChI=1S/C17H21NO3S/c1-14-5-3-4-6-16(14)21-12-17(19)18(8-9-20-2)11-15-7-10-22-13-15/h3-7,10,13H,8-9,11-12H2,1-2H3. The van der Waals surface area contributed by atoms with Gasteiger partial charge < -0.3 is 14.4 Å². The Balaban J connectivity index is 1.94. The first-order chi connectivity index (χ1) is 10.7. The molecule has 22 heavy (non-hydrogen) atoms. The van der Waals surface area contributed by atoms with Crippen molar-refractivity contribution in [3.05, 3.63) is 52.2 Å². The molecule has 0 radical (unpaired) electrons. The summed E-state index contributed by atoms with van der Waals surface area (Å²) >= 11 is 1.63. The number of para-hydroxylation sites is 1. The molecule has 0 saturated heterocycles. The zero-order chi connectivity index (χ0) is 15.8. The minimum atomic E-state index is -0.0356. The molecule has 0 aliphatic carbocycles. The number of carbonyl (C=O) groups is 1. The predicted molar refractivity (Wildman–Crippen MR) is 88.3 cm³/mol. The first-order valence-electron chi connectivity index (χ1n) is 7.17.